The Morgan fingerprint density at radius 3 is 2.80 bits per heavy atom. The number of benzene rings is 1. The molecule has 0 bridgehead atoms. The molecule has 0 radical (unpaired) electrons. The van der Waals surface area contributed by atoms with E-state index >= 15 is 0 Å². The molecule has 2 rings (SSSR count). The summed E-state index contributed by atoms with van der Waals surface area (Å²) >= 11 is 0. The lowest BCUT2D eigenvalue weighted by Crippen LogP contribution is -2.36. The summed E-state index contributed by atoms with van der Waals surface area (Å²) in [6.07, 6.45) is 0.907. The average Bonchev–Trinajstić information content (AvgIpc) is 2.70. The Balaban J connectivity index is 1.96. The molecule has 0 spiro atoms. The summed E-state index contributed by atoms with van der Waals surface area (Å²) in [5, 5.41) is 0. The first-order chi connectivity index (χ1) is 9.72. The van der Waals surface area contributed by atoms with Crippen LogP contribution in [0.1, 0.15) is 16.8 Å². The monoisotopic (exact) mass is 280 g/mol. The van der Waals surface area contributed by atoms with E-state index in [1.54, 1.807) is 30.2 Å². The Kier molecular flexibility index (Phi) is 5.49. The maximum atomic E-state index is 13.7. The Hall–Kier alpha value is -1.46. The SMILES string of the molecule is COCCN1CCCN(C(=O)c2ccccc2F)CC1. The summed E-state index contributed by atoms with van der Waals surface area (Å²) in [6, 6.07) is 6.17. The van der Waals surface area contributed by atoms with Crippen LogP contribution in [0.4, 0.5) is 4.39 Å². The molecule has 20 heavy (non-hydrogen) atoms. The van der Waals surface area contributed by atoms with Gasteiger partial charge in [0.25, 0.3) is 5.91 Å². The molecule has 5 heteroatoms. The zero-order valence-electron chi connectivity index (χ0n) is 11.8. The Morgan fingerprint density at radius 2 is 2.05 bits per heavy atom. The minimum atomic E-state index is -0.446. The number of amides is 1. The zero-order chi connectivity index (χ0) is 14.4. The van der Waals surface area contributed by atoms with Gasteiger partial charge in [0, 0.05) is 33.3 Å². The molecule has 0 unspecified atom stereocenters. The Morgan fingerprint density at radius 1 is 1.25 bits per heavy atom. The van der Waals surface area contributed by atoms with Crippen LogP contribution in [0.5, 0.6) is 0 Å². The Bertz CT molecular complexity index is 453. The van der Waals surface area contributed by atoms with E-state index in [-0.39, 0.29) is 11.5 Å². The van der Waals surface area contributed by atoms with Gasteiger partial charge in [-0.2, -0.15) is 0 Å². The van der Waals surface area contributed by atoms with Crippen LogP contribution in [-0.2, 0) is 4.74 Å². The molecule has 0 saturated carbocycles. The van der Waals surface area contributed by atoms with Crippen LogP contribution in [0.3, 0.4) is 0 Å². The molecule has 0 N–H and O–H groups in total. The van der Waals surface area contributed by atoms with Gasteiger partial charge in [-0.1, -0.05) is 12.1 Å². The molecule has 0 aliphatic carbocycles. The molecule has 1 fully saturated rings. The first kappa shape index (κ1) is 14.9. The van der Waals surface area contributed by atoms with Crippen LogP contribution in [0.2, 0.25) is 0 Å². The molecule has 1 aliphatic heterocycles. The third kappa shape index (κ3) is 3.77. The fraction of sp³-hybridized carbons (Fsp3) is 0.533. The van der Waals surface area contributed by atoms with Crippen LogP contribution in [0.25, 0.3) is 0 Å². The van der Waals surface area contributed by atoms with Crippen LogP contribution >= 0.6 is 0 Å². The Labute approximate surface area is 119 Å². The second-order valence-corrected chi connectivity index (χ2v) is 4.96. The highest BCUT2D eigenvalue weighted by Crippen LogP contribution is 2.12. The maximum absolute atomic E-state index is 13.7. The first-order valence-corrected chi connectivity index (χ1v) is 6.97. The van der Waals surface area contributed by atoms with Gasteiger partial charge in [-0.25, -0.2) is 4.39 Å². The smallest absolute Gasteiger partial charge is 0.256 e. The summed E-state index contributed by atoms with van der Waals surface area (Å²) in [6.45, 7) is 4.64. The van der Waals surface area contributed by atoms with E-state index < -0.39 is 5.82 Å². The highest BCUT2D eigenvalue weighted by Gasteiger charge is 2.21. The van der Waals surface area contributed by atoms with Gasteiger partial charge < -0.3 is 9.64 Å². The summed E-state index contributed by atoms with van der Waals surface area (Å²) in [5.74, 6) is -0.658. The molecular formula is C15H21FN2O2. The van der Waals surface area contributed by atoms with E-state index in [0.717, 1.165) is 26.1 Å². The third-order valence-electron chi connectivity index (χ3n) is 3.59. The minimum absolute atomic E-state index is 0.165. The van der Waals surface area contributed by atoms with Crippen molar-refractivity contribution in [2.75, 3.05) is 46.4 Å². The van der Waals surface area contributed by atoms with Crippen molar-refractivity contribution in [3.63, 3.8) is 0 Å². The number of halogens is 1. The van der Waals surface area contributed by atoms with E-state index in [0.29, 0.717) is 19.7 Å². The molecule has 1 aromatic carbocycles. The average molecular weight is 280 g/mol. The molecule has 4 nitrogen and oxygen atoms in total. The minimum Gasteiger partial charge on any atom is -0.383 e. The summed E-state index contributed by atoms with van der Waals surface area (Å²) in [5.41, 5.74) is 0.165. The molecule has 0 atom stereocenters. The van der Waals surface area contributed by atoms with Gasteiger partial charge in [-0.15, -0.1) is 0 Å². The van der Waals surface area contributed by atoms with Gasteiger partial charge in [-0.3, -0.25) is 9.69 Å². The van der Waals surface area contributed by atoms with Crippen molar-refractivity contribution in [2.45, 2.75) is 6.42 Å². The highest BCUT2D eigenvalue weighted by molar-refractivity contribution is 5.94. The van der Waals surface area contributed by atoms with E-state index in [9.17, 15) is 9.18 Å². The third-order valence-corrected chi connectivity index (χ3v) is 3.59. The predicted octanol–water partition coefficient (Wildman–Crippen LogP) is 1.62. The van der Waals surface area contributed by atoms with Gasteiger partial charge >= 0.3 is 0 Å². The molecule has 1 saturated heterocycles. The van der Waals surface area contributed by atoms with Crippen molar-refractivity contribution in [3.05, 3.63) is 35.6 Å². The number of methoxy groups -OCH3 is 1. The van der Waals surface area contributed by atoms with Gasteiger partial charge in [-0.05, 0) is 25.1 Å². The van der Waals surface area contributed by atoms with Crippen LogP contribution in [0, 0.1) is 5.82 Å². The molecule has 110 valence electrons. The van der Waals surface area contributed by atoms with Gasteiger partial charge in [0.2, 0.25) is 0 Å². The second-order valence-electron chi connectivity index (χ2n) is 4.96. The zero-order valence-corrected chi connectivity index (χ0v) is 11.8. The lowest BCUT2D eigenvalue weighted by molar-refractivity contribution is 0.0754. The van der Waals surface area contributed by atoms with Crippen molar-refractivity contribution in [1.29, 1.82) is 0 Å². The lowest BCUT2D eigenvalue weighted by atomic mass is 10.2. The molecule has 1 aliphatic rings. The van der Waals surface area contributed by atoms with E-state index in [1.165, 1.54) is 6.07 Å². The summed E-state index contributed by atoms with van der Waals surface area (Å²) < 4.78 is 18.7. The van der Waals surface area contributed by atoms with Crippen LogP contribution in [0.15, 0.2) is 24.3 Å². The standard InChI is InChI=1S/C15H21FN2O2/c1-20-12-11-17-7-4-8-18(10-9-17)15(19)13-5-2-3-6-14(13)16/h2-3,5-6H,4,7-12H2,1H3. The number of hydrogen-bond acceptors (Lipinski definition) is 3. The molecule has 1 aromatic rings. The lowest BCUT2D eigenvalue weighted by Gasteiger charge is -2.22. The number of ether oxygens (including phenoxy) is 1. The van der Waals surface area contributed by atoms with Crippen LogP contribution < -0.4 is 0 Å². The largest absolute Gasteiger partial charge is 0.383 e. The second kappa shape index (κ2) is 7.36. The number of nitrogens with zero attached hydrogens (tertiary/aromatic N) is 2. The highest BCUT2D eigenvalue weighted by atomic mass is 19.1. The number of carbonyl (C=O) groups excluding carboxylic acids is 1. The first-order valence-electron chi connectivity index (χ1n) is 6.97. The van der Waals surface area contributed by atoms with Gasteiger partial charge in [0.05, 0.1) is 12.2 Å². The van der Waals surface area contributed by atoms with E-state index in [4.69, 9.17) is 4.74 Å². The topological polar surface area (TPSA) is 32.8 Å². The normalized spacial score (nSPS) is 17.0. The number of carbonyl (C=O) groups is 1. The fourth-order valence-electron chi connectivity index (χ4n) is 2.42. The van der Waals surface area contributed by atoms with Crippen molar-refractivity contribution < 1.29 is 13.9 Å². The van der Waals surface area contributed by atoms with Crippen molar-refractivity contribution in [1.82, 2.24) is 9.80 Å². The molecule has 1 heterocycles. The maximum Gasteiger partial charge on any atom is 0.256 e. The predicted molar refractivity (Wildman–Crippen MR) is 75.2 cm³/mol. The molecular weight excluding hydrogens is 259 g/mol. The van der Waals surface area contributed by atoms with Gasteiger partial charge in [0.1, 0.15) is 5.82 Å². The quantitative estimate of drug-likeness (QED) is 0.840. The summed E-state index contributed by atoms with van der Waals surface area (Å²) in [7, 11) is 1.69. The van der Waals surface area contributed by atoms with Crippen LogP contribution in [-0.4, -0.2) is 62.1 Å². The summed E-state index contributed by atoms with van der Waals surface area (Å²) in [4.78, 5) is 16.4. The van der Waals surface area contributed by atoms with E-state index in [1.807, 2.05) is 0 Å². The molecule has 0 aromatic heterocycles. The van der Waals surface area contributed by atoms with Crippen molar-refractivity contribution >= 4 is 5.91 Å². The van der Waals surface area contributed by atoms with E-state index in [2.05, 4.69) is 4.90 Å². The number of hydrogen-bond donors (Lipinski definition) is 0. The fourth-order valence-corrected chi connectivity index (χ4v) is 2.42. The van der Waals surface area contributed by atoms with Gasteiger partial charge in [0.15, 0.2) is 0 Å². The molecule has 1 amide bonds. The van der Waals surface area contributed by atoms with Crippen molar-refractivity contribution in [3.8, 4) is 0 Å². The van der Waals surface area contributed by atoms with Crippen molar-refractivity contribution in [2.24, 2.45) is 0 Å². The number of rotatable bonds is 4.